The van der Waals surface area contributed by atoms with Crippen LogP contribution in [0.1, 0.15) is 26.3 Å². The van der Waals surface area contributed by atoms with Gasteiger partial charge in [-0.2, -0.15) is 0 Å². The summed E-state index contributed by atoms with van der Waals surface area (Å²) < 4.78 is 10.4. The van der Waals surface area contributed by atoms with Gasteiger partial charge in [-0.25, -0.2) is 0 Å². The third-order valence-corrected chi connectivity index (χ3v) is 2.27. The maximum Gasteiger partial charge on any atom is 0.231 e. The monoisotopic (exact) mass is 214 g/mol. The number of aryl methyl sites for hydroxylation is 1. The largest absolute Gasteiger partial charge is 0.454 e. The quantitative estimate of drug-likeness (QED) is 0.711. The van der Waals surface area contributed by atoms with E-state index in [2.05, 4.69) is 6.92 Å². The molecular weight excluding hydrogens is 200 g/mol. The summed E-state index contributed by atoms with van der Waals surface area (Å²) in [5.41, 5.74) is 1.10. The molecule has 0 N–H and O–H groups in total. The van der Waals surface area contributed by atoms with Crippen molar-refractivity contribution in [3.05, 3.63) is 22.7 Å². The molecule has 1 aliphatic heterocycles. The van der Waals surface area contributed by atoms with Crippen molar-refractivity contribution in [2.75, 3.05) is 6.79 Å². The minimum Gasteiger partial charge on any atom is -0.454 e. The number of hydrogen-bond acceptors (Lipinski definition) is 2. The smallest absolute Gasteiger partial charge is 0.231 e. The van der Waals surface area contributed by atoms with E-state index in [0.717, 1.165) is 28.5 Å². The Kier molecular flexibility index (Phi) is 4.08. The molecule has 0 radical (unpaired) electrons. The highest BCUT2D eigenvalue weighted by Crippen LogP contribution is 2.36. The third kappa shape index (κ3) is 2.13. The molecule has 1 aromatic rings. The van der Waals surface area contributed by atoms with Crippen molar-refractivity contribution < 1.29 is 9.47 Å². The molecule has 0 spiro atoms. The maximum absolute atomic E-state index is 5.97. The van der Waals surface area contributed by atoms with Crippen molar-refractivity contribution in [3.63, 3.8) is 0 Å². The second-order valence-electron chi connectivity index (χ2n) is 2.65. The van der Waals surface area contributed by atoms with Gasteiger partial charge in [-0.15, -0.1) is 0 Å². The van der Waals surface area contributed by atoms with Crippen LogP contribution in [0.25, 0.3) is 0 Å². The maximum atomic E-state index is 5.97. The molecule has 2 nitrogen and oxygen atoms in total. The van der Waals surface area contributed by atoms with Gasteiger partial charge in [0.15, 0.2) is 11.5 Å². The van der Waals surface area contributed by atoms with Crippen molar-refractivity contribution in [1.29, 1.82) is 0 Å². The fourth-order valence-electron chi connectivity index (χ4n) is 1.23. The summed E-state index contributed by atoms with van der Waals surface area (Å²) >= 11 is 5.97. The molecule has 0 saturated carbocycles. The van der Waals surface area contributed by atoms with Gasteiger partial charge >= 0.3 is 0 Å². The highest BCUT2D eigenvalue weighted by atomic mass is 35.5. The van der Waals surface area contributed by atoms with Crippen molar-refractivity contribution in [3.8, 4) is 11.5 Å². The Morgan fingerprint density at radius 1 is 1.21 bits per heavy atom. The van der Waals surface area contributed by atoms with E-state index in [1.165, 1.54) is 0 Å². The summed E-state index contributed by atoms with van der Waals surface area (Å²) in [6.45, 7) is 6.36. The Labute approximate surface area is 89.8 Å². The van der Waals surface area contributed by atoms with Crippen LogP contribution in [0.2, 0.25) is 5.02 Å². The lowest BCUT2D eigenvalue weighted by Crippen LogP contribution is -1.92. The van der Waals surface area contributed by atoms with Crippen LogP contribution in [0, 0.1) is 0 Å². The lowest BCUT2D eigenvalue weighted by Gasteiger charge is -2.02. The zero-order chi connectivity index (χ0) is 10.6. The van der Waals surface area contributed by atoms with Crippen molar-refractivity contribution in [2.45, 2.75) is 27.2 Å². The van der Waals surface area contributed by atoms with E-state index in [4.69, 9.17) is 21.1 Å². The minimum atomic E-state index is 0.304. The number of ether oxygens (including phenoxy) is 2. The SMILES string of the molecule is CC.CCc1cc2c(cc1Cl)OCO2. The fraction of sp³-hybridized carbons (Fsp3) is 0.455. The molecule has 0 amide bonds. The number of hydrogen-bond donors (Lipinski definition) is 0. The lowest BCUT2D eigenvalue weighted by molar-refractivity contribution is 0.174. The third-order valence-electron chi connectivity index (χ3n) is 1.92. The molecule has 78 valence electrons. The van der Waals surface area contributed by atoms with Crippen LogP contribution in [0.15, 0.2) is 12.1 Å². The molecule has 0 unspecified atom stereocenters. The summed E-state index contributed by atoms with van der Waals surface area (Å²) in [7, 11) is 0. The predicted molar refractivity (Wildman–Crippen MR) is 58.3 cm³/mol. The van der Waals surface area contributed by atoms with Crippen molar-refractivity contribution >= 4 is 11.6 Å². The number of benzene rings is 1. The zero-order valence-corrected chi connectivity index (χ0v) is 9.52. The van der Waals surface area contributed by atoms with Crippen LogP contribution >= 0.6 is 11.6 Å². The van der Waals surface area contributed by atoms with Crippen LogP contribution in [-0.4, -0.2) is 6.79 Å². The average Bonchev–Trinajstić information content (AvgIpc) is 2.66. The van der Waals surface area contributed by atoms with Gasteiger partial charge in [0.1, 0.15) is 0 Å². The lowest BCUT2D eigenvalue weighted by atomic mass is 10.1. The standard InChI is InChI=1S/C9H9ClO2.C2H6/c1-2-6-3-8-9(4-7(6)10)12-5-11-8;1-2/h3-4H,2,5H2,1H3;1-2H3. The van der Waals surface area contributed by atoms with E-state index in [0.29, 0.717) is 6.79 Å². The Balaban J connectivity index is 0.000000461. The van der Waals surface area contributed by atoms with Crippen LogP contribution in [0.5, 0.6) is 11.5 Å². The van der Waals surface area contributed by atoms with E-state index in [9.17, 15) is 0 Å². The Morgan fingerprint density at radius 3 is 2.36 bits per heavy atom. The first-order valence-corrected chi connectivity index (χ1v) is 5.27. The Hall–Kier alpha value is -0.890. The molecule has 14 heavy (non-hydrogen) atoms. The number of halogens is 1. The molecule has 0 aliphatic carbocycles. The summed E-state index contributed by atoms with van der Waals surface area (Å²) in [4.78, 5) is 0. The van der Waals surface area contributed by atoms with Crippen LogP contribution in [0.4, 0.5) is 0 Å². The summed E-state index contributed by atoms with van der Waals surface area (Å²) in [6.07, 6.45) is 0.912. The van der Waals surface area contributed by atoms with Crippen LogP contribution in [-0.2, 0) is 6.42 Å². The van der Waals surface area contributed by atoms with Crippen molar-refractivity contribution in [1.82, 2.24) is 0 Å². The second-order valence-corrected chi connectivity index (χ2v) is 3.06. The van der Waals surface area contributed by atoms with Gasteiger partial charge in [-0.05, 0) is 18.1 Å². The first-order valence-electron chi connectivity index (χ1n) is 4.89. The molecule has 0 atom stereocenters. The molecule has 0 saturated heterocycles. The first-order chi connectivity index (χ1) is 6.81. The molecule has 0 aromatic heterocycles. The van der Waals surface area contributed by atoms with Gasteiger partial charge in [0, 0.05) is 11.1 Å². The molecular formula is C11H15ClO2. The van der Waals surface area contributed by atoms with E-state index >= 15 is 0 Å². The minimum absolute atomic E-state index is 0.304. The molecule has 1 aromatic carbocycles. The molecule has 0 bridgehead atoms. The van der Waals surface area contributed by atoms with Gasteiger partial charge in [0.05, 0.1) is 0 Å². The molecule has 0 fully saturated rings. The molecule has 1 heterocycles. The van der Waals surface area contributed by atoms with Gasteiger partial charge in [0.2, 0.25) is 6.79 Å². The number of rotatable bonds is 1. The summed E-state index contributed by atoms with van der Waals surface area (Å²) in [5, 5.41) is 0.752. The van der Waals surface area contributed by atoms with E-state index in [-0.39, 0.29) is 0 Å². The zero-order valence-electron chi connectivity index (χ0n) is 8.76. The fourth-order valence-corrected chi connectivity index (χ4v) is 1.52. The highest BCUT2D eigenvalue weighted by molar-refractivity contribution is 6.31. The van der Waals surface area contributed by atoms with Crippen molar-refractivity contribution in [2.24, 2.45) is 0 Å². The molecule has 1 aliphatic rings. The predicted octanol–water partition coefficient (Wildman–Crippen LogP) is 3.66. The second kappa shape index (κ2) is 5.11. The molecule has 2 rings (SSSR count). The van der Waals surface area contributed by atoms with E-state index in [1.807, 2.05) is 26.0 Å². The highest BCUT2D eigenvalue weighted by Gasteiger charge is 2.15. The Morgan fingerprint density at radius 2 is 1.79 bits per heavy atom. The van der Waals surface area contributed by atoms with Gasteiger partial charge in [-0.1, -0.05) is 32.4 Å². The van der Waals surface area contributed by atoms with Gasteiger partial charge in [-0.3, -0.25) is 0 Å². The van der Waals surface area contributed by atoms with E-state index < -0.39 is 0 Å². The van der Waals surface area contributed by atoms with Gasteiger partial charge in [0.25, 0.3) is 0 Å². The number of fused-ring (bicyclic) bond motifs is 1. The molecule has 3 heteroatoms. The van der Waals surface area contributed by atoms with Crippen LogP contribution in [0.3, 0.4) is 0 Å². The summed E-state index contributed by atoms with van der Waals surface area (Å²) in [6, 6.07) is 3.74. The average molecular weight is 215 g/mol. The Bertz CT molecular complexity index is 310. The van der Waals surface area contributed by atoms with Crippen LogP contribution < -0.4 is 9.47 Å². The normalized spacial score (nSPS) is 12.0. The summed E-state index contributed by atoms with van der Waals surface area (Å²) in [5.74, 6) is 1.55. The topological polar surface area (TPSA) is 18.5 Å². The van der Waals surface area contributed by atoms with Gasteiger partial charge < -0.3 is 9.47 Å². The van der Waals surface area contributed by atoms with E-state index in [1.54, 1.807) is 0 Å². The first kappa shape index (κ1) is 11.2.